The van der Waals surface area contributed by atoms with Crippen molar-refractivity contribution in [3.05, 3.63) is 36.5 Å². The summed E-state index contributed by atoms with van der Waals surface area (Å²) in [7, 11) is 0. The summed E-state index contributed by atoms with van der Waals surface area (Å²) in [6, 6.07) is 9.82. The molecule has 0 bridgehead atoms. The fourth-order valence-corrected chi connectivity index (χ4v) is 1.81. The van der Waals surface area contributed by atoms with Crippen LogP contribution in [-0.2, 0) is 9.47 Å². The maximum absolute atomic E-state index is 5.70. The van der Waals surface area contributed by atoms with Crippen LogP contribution in [0, 0.1) is 0 Å². The molecule has 108 valence electrons. The van der Waals surface area contributed by atoms with Gasteiger partial charge in [-0.2, -0.15) is 0 Å². The normalized spacial score (nSPS) is 10.8. The highest BCUT2D eigenvalue weighted by Gasteiger charge is 2.02. The Morgan fingerprint density at radius 2 is 1.65 bits per heavy atom. The lowest BCUT2D eigenvalue weighted by molar-refractivity contribution is 0.0389. The molecule has 5 nitrogen and oxygen atoms in total. The predicted molar refractivity (Wildman–Crippen MR) is 77.9 cm³/mol. The molecule has 0 saturated carbocycles. The molecule has 1 aromatic carbocycles. The van der Waals surface area contributed by atoms with E-state index in [1.54, 1.807) is 6.20 Å². The van der Waals surface area contributed by atoms with Gasteiger partial charge in [-0.1, -0.05) is 18.2 Å². The molecule has 0 saturated heterocycles. The molecule has 0 aliphatic heterocycles. The van der Waals surface area contributed by atoms with Gasteiger partial charge in [-0.3, -0.25) is 4.98 Å². The first-order valence-electron chi connectivity index (χ1n) is 6.74. The van der Waals surface area contributed by atoms with Crippen LogP contribution in [0.1, 0.15) is 0 Å². The summed E-state index contributed by atoms with van der Waals surface area (Å²) in [5.74, 6) is 0.783. The minimum absolute atomic E-state index is 0.493. The zero-order valence-electron chi connectivity index (χ0n) is 11.5. The van der Waals surface area contributed by atoms with Crippen molar-refractivity contribution >= 4 is 10.9 Å². The number of nitrogens with two attached hydrogens (primary N) is 1. The summed E-state index contributed by atoms with van der Waals surface area (Å²) in [6.07, 6.45) is 1.76. The van der Waals surface area contributed by atoms with Gasteiger partial charge in [0.25, 0.3) is 0 Å². The third-order valence-electron chi connectivity index (χ3n) is 2.72. The molecule has 1 heterocycles. The first kappa shape index (κ1) is 14.7. The lowest BCUT2D eigenvalue weighted by Crippen LogP contribution is -2.14. The molecule has 0 amide bonds. The maximum Gasteiger partial charge on any atom is 0.145 e. The van der Waals surface area contributed by atoms with Crippen molar-refractivity contribution in [1.82, 2.24) is 4.98 Å². The van der Waals surface area contributed by atoms with Crippen LogP contribution in [0.25, 0.3) is 10.9 Å². The van der Waals surface area contributed by atoms with E-state index >= 15 is 0 Å². The fourth-order valence-electron chi connectivity index (χ4n) is 1.81. The smallest absolute Gasteiger partial charge is 0.145 e. The molecule has 0 unspecified atom stereocenters. The van der Waals surface area contributed by atoms with Crippen LogP contribution in [0.4, 0.5) is 0 Å². The molecule has 0 radical (unpaired) electrons. The summed E-state index contributed by atoms with van der Waals surface area (Å²) in [4.78, 5) is 4.33. The third kappa shape index (κ3) is 4.45. The Kier molecular flexibility index (Phi) is 6.23. The highest BCUT2D eigenvalue weighted by atomic mass is 16.5. The number of para-hydroxylation sites is 1. The fraction of sp³-hybridized carbons (Fsp3) is 0.400. The number of nitrogens with zero attached hydrogens (tertiary/aromatic N) is 1. The summed E-state index contributed by atoms with van der Waals surface area (Å²) in [5, 5.41) is 1.07. The summed E-state index contributed by atoms with van der Waals surface area (Å²) >= 11 is 0. The second kappa shape index (κ2) is 8.47. The van der Waals surface area contributed by atoms with Gasteiger partial charge in [0.05, 0.1) is 26.4 Å². The van der Waals surface area contributed by atoms with Crippen molar-refractivity contribution in [2.75, 3.05) is 39.6 Å². The summed E-state index contributed by atoms with van der Waals surface area (Å²) in [6.45, 7) is 3.24. The van der Waals surface area contributed by atoms with E-state index in [1.807, 2.05) is 30.3 Å². The van der Waals surface area contributed by atoms with Crippen molar-refractivity contribution in [2.45, 2.75) is 0 Å². The minimum Gasteiger partial charge on any atom is -0.489 e. The van der Waals surface area contributed by atoms with Crippen LogP contribution < -0.4 is 10.5 Å². The SMILES string of the molecule is NCCOCCOCCOc1cccc2cccnc12. The molecule has 20 heavy (non-hydrogen) atoms. The number of hydrogen-bond donors (Lipinski definition) is 1. The zero-order valence-corrected chi connectivity index (χ0v) is 11.5. The maximum atomic E-state index is 5.70. The van der Waals surface area contributed by atoms with E-state index in [0.717, 1.165) is 16.7 Å². The van der Waals surface area contributed by atoms with Gasteiger partial charge in [-0.25, -0.2) is 0 Å². The molecule has 0 atom stereocenters. The molecular weight excluding hydrogens is 256 g/mol. The van der Waals surface area contributed by atoms with Crippen LogP contribution in [0.2, 0.25) is 0 Å². The highest BCUT2D eigenvalue weighted by molar-refractivity contribution is 5.84. The number of ether oxygens (including phenoxy) is 3. The Labute approximate surface area is 118 Å². The second-order valence-electron chi connectivity index (χ2n) is 4.19. The third-order valence-corrected chi connectivity index (χ3v) is 2.72. The molecule has 0 spiro atoms. The Morgan fingerprint density at radius 1 is 0.900 bits per heavy atom. The topological polar surface area (TPSA) is 66.6 Å². The molecule has 0 fully saturated rings. The molecule has 2 aromatic rings. The van der Waals surface area contributed by atoms with E-state index in [2.05, 4.69) is 4.98 Å². The largest absolute Gasteiger partial charge is 0.489 e. The first-order valence-corrected chi connectivity index (χ1v) is 6.74. The molecule has 2 N–H and O–H groups in total. The predicted octanol–water partition coefficient (Wildman–Crippen LogP) is 1.61. The molecule has 5 heteroatoms. The molecule has 0 aliphatic rings. The van der Waals surface area contributed by atoms with E-state index in [9.17, 15) is 0 Å². The number of hydrogen-bond acceptors (Lipinski definition) is 5. The van der Waals surface area contributed by atoms with Gasteiger partial charge in [-0.05, 0) is 12.1 Å². The number of aromatic nitrogens is 1. The summed E-state index contributed by atoms with van der Waals surface area (Å²) in [5.41, 5.74) is 6.19. The Morgan fingerprint density at radius 3 is 2.50 bits per heavy atom. The van der Waals surface area contributed by atoms with Crippen molar-refractivity contribution in [1.29, 1.82) is 0 Å². The van der Waals surface area contributed by atoms with E-state index in [4.69, 9.17) is 19.9 Å². The van der Waals surface area contributed by atoms with Crippen molar-refractivity contribution in [2.24, 2.45) is 5.73 Å². The van der Waals surface area contributed by atoms with Crippen molar-refractivity contribution < 1.29 is 14.2 Å². The zero-order chi connectivity index (χ0) is 14.0. The molecule has 0 aliphatic carbocycles. The summed E-state index contributed by atoms with van der Waals surface area (Å²) < 4.78 is 16.3. The Bertz CT molecular complexity index is 514. The quantitative estimate of drug-likeness (QED) is 0.705. The number of benzene rings is 1. The van der Waals surface area contributed by atoms with Crippen molar-refractivity contribution in [3.63, 3.8) is 0 Å². The molecule has 2 rings (SSSR count). The Hall–Kier alpha value is -1.69. The monoisotopic (exact) mass is 276 g/mol. The van der Waals surface area contributed by atoms with E-state index < -0.39 is 0 Å². The lowest BCUT2D eigenvalue weighted by atomic mass is 10.2. The molecular formula is C15H20N2O3. The number of fused-ring (bicyclic) bond motifs is 1. The van der Waals surface area contributed by atoms with Crippen LogP contribution in [0.5, 0.6) is 5.75 Å². The standard InChI is InChI=1S/C15H20N2O3/c16-6-8-18-9-10-19-11-12-20-14-5-1-3-13-4-2-7-17-15(13)14/h1-5,7H,6,8-12,16H2. The number of pyridine rings is 1. The van der Waals surface area contributed by atoms with Gasteiger partial charge in [-0.15, -0.1) is 0 Å². The average Bonchev–Trinajstić information content (AvgIpc) is 2.50. The highest BCUT2D eigenvalue weighted by Crippen LogP contribution is 2.22. The molecule has 1 aromatic heterocycles. The van der Waals surface area contributed by atoms with Gasteiger partial charge < -0.3 is 19.9 Å². The van der Waals surface area contributed by atoms with E-state index in [1.165, 1.54) is 0 Å². The first-order chi connectivity index (χ1) is 9.92. The van der Waals surface area contributed by atoms with Gasteiger partial charge in [0.1, 0.15) is 17.9 Å². The van der Waals surface area contributed by atoms with Crippen LogP contribution in [-0.4, -0.2) is 44.6 Å². The van der Waals surface area contributed by atoms with Gasteiger partial charge >= 0.3 is 0 Å². The Balaban J connectivity index is 1.71. The number of rotatable bonds is 9. The van der Waals surface area contributed by atoms with Crippen molar-refractivity contribution in [3.8, 4) is 5.75 Å². The van der Waals surface area contributed by atoms with Crippen LogP contribution in [0.3, 0.4) is 0 Å². The minimum atomic E-state index is 0.493. The van der Waals surface area contributed by atoms with Gasteiger partial charge in [0.15, 0.2) is 0 Å². The van der Waals surface area contributed by atoms with E-state index in [0.29, 0.717) is 39.6 Å². The second-order valence-corrected chi connectivity index (χ2v) is 4.19. The van der Waals surface area contributed by atoms with Gasteiger partial charge in [0.2, 0.25) is 0 Å². The van der Waals surface area contributed by atoms with Crippen LogP contribution >= 0.6 is 0 Å². The van der Waals surface area contributed by atoms with Crippen LogP contribution in [0.15, 0.2) is 36.5 Å². The lowest BCUT2D eigenvalue weighted by Gasteiger charge is -2.09. The average molecular weight is 276 g/mol. The van der Waals surface area contributed by atoms with Gasteiger partial charge in [0, 0.05) is 18.1 Å². The van der Waals surface area contributed by atoms with E-state index in [-0.39, 0.29) is 0 Å².